The molecule has 1 aliphatic rings. The molecule has 34 heavy (non-hydrogen) atoms. The minimum absolute atomic E-state index is 0.0675. The van der Waals surface area contributed by atoms with Gasteiger partial charge in [0.2, 0.25) is 15.9 Å². The number of piperidine rings is 1. The summed E-state index contributed by atoms with van der Waals surface area (Å²) in [6.07, 6.45) is 7.14. The van der Waals surface area contributed by atoms with E-state index in [4.69, 9.17) is 0 Å². The van der Waals surface area contributed by atoms with Crippen LogP contribution in [0.2, 0.25) is 0 Å². The highest BCUT2D eigenvalue weighted by Gasteiger charge is 2.32. The molecule has 186 valence electrons. The largest absolute Gasteiger partial charge is 0.341 e. The van der Waals surface area contributed by atoms with Gasteiger partial charge in [-0.15, -0.1) is 0 Å². The molecule has 10 heteroatoms. The molecule has 3 rings (SSSR count). The molecule has 0 aliphatic carbocycles. The second-order valence-corrected chi connectivity index (χ2v) is 10.8. The molecule has 1 saturated heterocycles. The molecule has 1 aromatic carbocycles. The van der Waals surface area contributed by atoms with Crippen LogP contribution in [-0.4, -0.2) is 71.2 Å². The van der Waals surface area contributed by atoms with E-state index in [-0.39, 0.29) is 22.3 Å². The summed E-state index contributed by atoms with van der Waals surface area (Å²) in [5.74, 6) is -0.693. The first-order chi connectivity index (χ1) is 16.2. The third-order valence-electron chi connectivity index (χ3n) is 6.38. The van der Waals surface area contributed by atoms with E-state index in [0.717, 1.165) is 12.8 Å². The number of imidazole rings is 1. The molecule has 2 amide bonds. The Bertz CT molecular complexity index is 1070. The van der Waals surface area contributed by atoms with Crippen molar-refractivity contribution in [1.29, 1.82) is 0 Å². The maximum Gasteiger partial charge on any atom is 0.251 e. The monoisotopic (exact) mass is 489 g/mol. The third kappa shape index (κ3) is 5.67. The standard InChI is InChI=1S/C24H35N5O4S/c1-5-29(6-2)34(32,33)21-9-7-8-19(16-21)23(30)26-22(18(3)4)24(31)27-13-10-20(11-14-27)28-15-12-25-17-28/h7-9,12,15-18,20,22H,5-6,10-11,13-14H2,1-4H3,(H,26,30). The number of likely N-dealkylation sites (tertiary alicyclic amines) is 1. The van der Waals surface area contributed by atoms with E-state index in [9.17, 15) is 18.0 Å². The fourth-order valence-electron chi connectivity index (χ4n) is 4.32. The van der Waals surface area contributed by atoms with Gasteiger partial charge in [0, 0.05) is 50.2 Å². The van der Waals surface area contributed by atoms with Crippen LogP contribution in [0.15, 0.2) is 47.9 Å². The lowest BCUT2D eigenvalue weighted by Gasteiger charge is -2.35. The smallest absolute Gasteiger partial charge is 0.251 e. The lowest BCUT2D eigenvalue weighted by molar-refractivity contribution is -0.135. The van der Waals surface area contributed by atoms with Gasteiger partial charge in [-0.1, -0.05) is 33.8 Å². The number of sulfonamides is 1. The molecule has 0 saturated carbocycles. The number of benzene rings is 1. The number of hydrogen-bond donors (Lipinski definition) is 1. The Balaban J connectivity index is 1.70. The first kappa shape index (κ1) is 25.9. The quantitative estimate of drug-likeness (QED) is 0.583. The van der Waals surface area contributed by atoms with Gasteiger partial charge in [-0.3, -0.25) is 9.59 Å². The number of carbonyl (C=O) groups is 2. The molecule has 1 aliphatic heterocycles. The van der Waals surface area contributed by atoms with Gasteiger partial charge in [-0.2, -0.15) is 4.31 Å². The summed E-state index contributed by atoms with van der Waals surface area (Å²) in [7, 11) is -3.69. The topological polar surface area (TPSA) is 105 Å². The summed E-state index contributed by atoms with van der Waals surface area (Å²) in [5, 5.41) is 2.85. The molecular weight excluding hydrogens is 454 g/mol. The Hall–Kier alpha value is -2.72. The van der Waals surface area contributed by atoms with E-state index in [1.54, 1.807) is 43.4 Å². The summed E-state index contributed by atoms with van der Waals surface area (Å²) in [6.45, 7) is 9.23. The van der Waals surface area contributed by atoms with E-state index < -0.39 is 22.0 Å². The molecule has 1 atom stereocenters. The summed E-state index contributed by atoms with van der Waals surface area (Å²) < 4.78 is 29.1. The first-order valence-corrected chi connectivity index (χ1v) is 13.3. The Morgan fingerprint density at radius 2 is 1.85 bits per heavy atom. The molecule has 9 nitrogen and oxygen atoms in total. The van der Waals surface area contributed by atoms with Crippen LogP contribution in [-0.2, 0) is 14.8 Å². The molecule has 1 fully saturated rings. The second-order valence-electron chi connectivity index (χ2n) is 8.88. The number of rotatable bonds is 9. The van der Waals surface area contributed by atoms with Crippen molar-refractivity contribution in [3.05, 3.63) is 48.5 Å². The predicted molar refractivity (Wildman–Crippen MR) is 130 cm³/mol. The molecule has 1 N–H and O–H groups in total. The van der Waals surface area contributed by atoms with E-state index in [1.165, 1.54) is 16.4 Å². The minimum atomic E-state index is -3.69. The molecule has 0 radical (unpaired) electrons. The van der Waals surface area contributed by atoms with E-state index in [0.29, 0.717) is 32.2 Å². The maximum absolute atomic E-state index is 13.3. The number of nitrogens with zero attached hydrogens (tertiary/aromatic N) is 4. The Morgan fingerprint density at radius 1 is 1.18 bits per heavy atom. The van der Waals surface area contributed by atoms with Crippen LogP contribution in [0.4, 0.5) is 0 Å². The molecular formula is C24H35N5O4S. The number of nitrogens with one attached hydrogen (secondary N) is 1. The SMILES string of the molecule is CCN(CC)S(=O)(=O)c1cccc(C(=O)NC(C(=O)N2CCC(n3ccnc3)CC2)C(C)C)c1. The van der Waals surface area contributed by atoms with Crippen molar-refractivity contribution >= 4 is 21.8 Å². The van der Waals surface area contributed by atoms with Gasteiger partial charge in [0.25, 0.3) is 5.91 Å². The zero-order chi connectivity index (χ0) is 24.9. The molecule has 1 unspecified atom stereocenters. The van der Waals surface area contributed by atoms with Crippen molar-refractivity contribution < 1.29 is 18.0 Å². The number of hydrogen-bond acceptors (Lipinski definition) is 5. The van der Waals surface area contributed by atoms with Gasteiger partial charge in [-0.25, -0.2) is 13.4 Å². The minimum Gasteiger partial charge on any atom is -0.341 e. The zero-order valence-corrected chi connectivity index (χ0v) is 21.2. The van der Waals surface area contributed by atoms with Crippen LogP contribution in [0, 0.1) is 5.92 Å². The van der Waals surface area contributed by atoms with Gasteiger partial charge in [-0.05, 0) is 37.0 Å². The molecule has 0 spiro atoms. The van der Waals surface area contributed by atoms with Crippen molar-refractivity contribution in [3.63, 3.8) is 0 Å². The van der Waals surface area contributed by atoms with Gasteiger partial charge in [0.15, 0.2) is 0 Å². The van der Waals surface area contributed by atoms with Gasteiger partial charge >= 0.3 is 0 Å². The molecule has 2 aromatic rings. The van der Waals surface area contributed by atoms with E-state index in [2.05, 4.69) is 14.9 Å². The van der Waals surface area contributed by atoms with Crippen LogP contribution in [0.1, 0.15) is 56.9 Å². The normalized spacial score (nSPS) is 16.1. The highest BCUT2D eigenvalue weighted by molar-refractivity contribution is 7.89. The average Bonchev–Trinajstić information content (AvgIpc) is 3.37. The lowest BCUT2D eigenvalue weighted by Crippen LogP contribution is -2.53. The average molecular weight is 490 g/mol. The van der Waals surface area contributed by atoms with Crippen molar-refractivity contribution in [3.8, 4) is 0 Å². The van der Waals surface area contributed by atoms with Crippen LogP contribution in [0.3, 0.4) is 0 Å². The van der Waals surface area contributed by atoms with Gasteiger partial charge in [0.05, 0.1) is 11.2 Å². The van der Waals surface area contributed by atoms with Gasteiger partial charge in [0.1, 0.15) is 6.04 Å². The summed E-state index contributed by atoms with van der Waals surface area (Å²) in [6, 6.07) is 5.60. The first-order valence-electron chi connectivity index (χ1n) is 11.9. The summed E-state index contributed by atoms with van der Waals surface area (Å²) in [5.41, 5.74) is 0.213. The van der Waals surface area contributed by atoms with Crippen molar-refractivity contribution in [2.75, 3.05) is 26.2 Å². The van der Waals surface area contributed by atoms with Gasteiger partial charge < -0.3 is 14.8 Å². The molecule has 1 aromatic heterocycles. The fourth-order valence-corrected chi connectivity index (χ4v) is 5.82. The highest BCUT2D eigenvalue weighted by Crippen LogP contribution is 2.23. The number of carbonyl (C=O) groups excluding carboxylic acids is 2. The summed E-state index contributed by atoms with van der Waals surface area (Å²) in [4.78, 5) is 32.3. The third-order valence-corrected chi connectivity index (χ3v) is 8.43. The lowest BCUT2D eigenvalue weighted by atomic mass is 9.99. The van der Waals surface area contributed by atoms with Crippen LogP contribution in [0.5, 0.6) is 0 Å². The van der Waals surface area contributed by atoms with Crippen molar-refractivity contribution in [2.45, 2.75) is 57.5 Å². The molecule has 0 bridgehead atoms. The van der Waals surface area contributed by atoms with E-state index in [1.807, 2.05) is 20.0 Å². The predicted octanol–water partition coefficient (Wildman–Crippen LogP) is 2.53. The Labute approximate surface area is 202 Å². The second kappa shape index (κ2) is 11.1. The Morgan fingerprint density at radius 3 is 2.41 bits per heavy atom. The number of amides is 2. The van der Waals surface area contributed by atoms with Crippen molar-refractivity contribution in [1.82, 2.24) is 24.1 Å². The van der Waals surface area contributed by atoms with Crippen LogP contribution in [0.25, 0.3) is 0 Å². The fraction of sp³-hybridized carbons (Fsp3) is 0.542. The molecule has 2 heterocycles. The summed E-state index contributed by atoms with van der Waals surface area (Å²) >= 11 is 0. The van der Waals surface area contributed by atoms with Crippen molar-refractivity contribution in [2.24, 2.45) is 5.92 Å². The van der Waals surface area contributed by atoms with Crippen LogP contribution < -0.4 is 5.32 Å². The van der Waals surface area contributed by atoms with E-state index >= 15 is 0 Å². The Kier molecular flexibility index (Phi) is 8.48. The van der Waals surface area contributed by atoms with Crippen LogP contribution >= 0.6 is 0 Å². The maximum atomic E-state index is 13.3. The number of aromatic nitrogens is 2. The zero-order valence-electron chi connectivity index (χ0n) is 20.3. The highest BCUT2D eigenvalue weighted by atomic mass is 32.2.